The Balaban J connectivity index is 2.02. The maximum Gasteiger partial charge on any atom is 0.271 e. The van der Waals surface area contributed by atoms with E-state index in [9.17, 15) is 9.90 Å². The van der Waals surface area contributed by atoms with Crippen LogP contribution in [0.1, 0.15) is 15.9 Å². The van der Waals surface area contributed by atoms with Crippen LogP contribution in [0.5, 0.6) is 5.75 Å². The summed E-state index contributed by atoms with van der Waals surface area (Å²) in [7, 11) is 0. The van der Waals surface area contributed by atoms with Crippen LogP contribution in [0.15, 0.2) is 52.0 Å². The van der Waals surface area contributed by atoms with Crippen molar-refractivity contribution in [3.05, 3.63) is 58.1 Å². The molecule has 2 aromatic rings. The van der Waals surface area contributed by atoms with Crippen molar-refractivity contribution in [2.45, 2.75) is 0 Å². The van der Waals surface area contributed by atoms with Crippen LogP contribution in [0.4, 0.5) is 5.69 Å². The molecule has 0 saturated heterocycles. The van der Waals surface area contributed by atoms with E-state index in [1.54, 1.807) is 36.4 Å². The number of rotatable bonds is 3. The number of carbonyl (C=O) groups is 1. The fourth-order valence-electron chi connectivity index (χ4n) is 1.51. The molecular formula is C14H12BrN3O2. The zero-order chi connectivity index (χ0) is 14.5. The van der Waals surface area contributed by atoms with Crippen LogP contribution in [-0.4, -0.2) is 17.2 Å². The number of aromatic hydroxyl groups is 1. The molecule has 0 fully saturated rings. The molecule has 0 spiro atoms. The number of carbonyl (C=O) groups excluding carboxylic acids is 1. The summed E-state index contributed by atoms with van der Waals surface area (Å²) in [5.41, 5.74) is 9.70. The minimum Gasteiger partial charge on any atom is -0.507 e. The number of halogens is 1. The summed E-state index contributed by atoms with van der Waals surface area (Å²) in [4.78, 5) is 11.8. The third-order valence-electron chi connectivity index (χ3n) is 2.50. The van der Waals surface area contributed by atoms with Gasteiger partial charge in [0.05, 0.1) is 10.7 Å². The predicted octanol–water partition coefficient (Wildman–Crippen LogP) is 2.50. The summed E-state index contributed by atoms with van der Waals surface area (Å²) >= 11 is 3.20. The summed E-state index contributed by atoms with van der Waals surface area (Å²) in [5, 5.41) is 13.2. The minimum absolute atomic E-state index is 0.144. The number of phenols is 1. The Kier molecular flexibility index (Phi) is 4.37. The predicted molar refractivity (Wildman–Crippen MR) is 81.7 cm³/mol. The molecule has 0 aliphatic carbocycles. The fraction of sp³-hybridized carbons (Fsp3) is 0. The number of hydrogen-bond acceptors (Lipinski definition) is 4. The second-order valence-corrected chi connectivity index (χ2v) is 4.89. The van der Waals surface area contributed by atoms with E-state index in [1.165, 1.54) is 12.3 Å². The highest BCUT2D eigenvalue weighted by Crippen LogP contribution is 2.23. The van der Waals surface area contributed by atoms with Crippen LogP contribution in [0.2, 0.25) is 0 Å². The fourth-order valence-corrected chi connectivity index (χ4v) is 1.91. The average molecular weight is 334 g/mol. The van der Waals surface area contributed by atoms with Gasteiger partial charge in [0.2, 0.25) is 0 Å². The van der Waals surface area contributed by atoms with Crippen molar-refractivity contribution in [2.24, 2.45) is 5.10 Å². The standard InChI is InChI=1S/C14H12BrN3O2/c15-12-6-9(4-5-13(12)19)8-17-18-14(20)10-2-1-3-11(16)7-10/h1-8,19H,16H2,(H,18,20)/b17-8-. The zero-order valence-corrected chi connectivity index (χ0v) is 12.0. The lowest BCUT2D eigenvalue weighted by atomic mass is 10.2. The Bertz CT molecular complexity index is 671. The number of nitrogen functional groups attached to an aromatic ring is 1. The molecule has 20 heavy (non-hydrogen) atoms. The Hall–Kier alpha value is -2.34. The molecule has 4 N–H and O–H groups in total. The molecule has 0 aliphatic heterocycles. The maximum atomic E-state index is 11.8. The van der Waals surface area contributed by atoms with Crippen molar-refractivity contribution in [3.63, 3.8) is 0 Å². The van der Waals surface area contributed by atoms with E-state index in [2.05, 4.69) is 26.5 Å². The average Bonchev–Trinajstić information content (AvgIpc) is 2.42. The van der Waals surface area contributed by atoms with Crippen LogP contribution in [0, 0.1) is 0 Å². The first-order valence-corrected chi connectivity index (χ1v) is 6.53. The van der Waals surface area contributed by atoms with Gasteiger partial charge in [0.15, 0.2) is 0 Å². The summed E-state index contributed by atoms with van der Waals surface area (Å²) < 4.78 is 0.559. The summed E-state index contributed by atoms with van der Waals surface area (Å²) in [5.74, 6) is -0.197. The van der Waals surface area contributed by atoms with Gasteiger partial charge in [0.1, 0.15) is 5.75 Å². The first kappa shape index (κ1) is 14.1. The van der Waals surface area contributed by atoms with Crippen LogP contribution < -0.4 is 11.2 Å². The highest BCUT2D eigenvalue weighted by atomic mass is 79.9. The van der Waals surface area contributed by atoms with E-state index >= 15 is 0 Å². The number of hydrogen-bond donors (Lipinski definition) is 3. The topological polar surface area (TPSA) is 87.7 Å². The monoisotopic (exact) mass is 333 g/mol. The van der Waals surface area contributed by atoms with Gasteiger partial charge < -0.3 is 10.8 Å². The third kappa shape index (κ3) is 3.58. The first-order valence-electron chi connectivity index (χ1n) is 5.74. The van der Waals surface area contributed by atoms with Crippen LogP contribution >= 0.6 is 15.9 Å². The lowest BCUT2D eigenvalue weighted by molar-refractivity contribution is 0.0955. The molecule has 2 rings (SSSR count). The highest BCUT2D eigenvalue weighted by molar-refractivity contribution is 9.10. The van der Waals surface area contributed by atoms with E-state index < -0.39 is 0 Å². The SMILES string of the molecule is Nc1cccc(C(=O)N/N=C\c2ccc(O)c(Br)c2)c1. The van der Waals surface area contributed by atoms with E-state index in [4.69, 9.17) is 5.73 Å². The van der Waals surface area contributed by atoms with Crippen molar-refractivity contribution < 1.29 is 9.90 Å². The molecule has 0 heterocycles. The van der Waals surface area contributed by atoms with Crippen LogP contribution in [0.25, 0.3) is 0 Å². The number of anilines is 1. The molecule has 6 heteroatoms. The maximum absolute atomic E-state index is 11.8. The number of nitrogens with zero attached hydrogens (tertiary/aromatic N) is 1. The number of nitrogens with two attached hydrogens (primary N) is 1. The molecule has 0 saturated carbocycles. The second-order valence-electron chi connectivity index (χ2n) is 4.04. The number of hydrazone groups is 1. The smallest absolute Gasteiger partial charge is 0.271 e. The van der Waals surface area contributed by atoms with Crippen molar-refractivity contribution in [1.29, 1.82) is 0 Å². The molecule has 5 nitrogen and oxygen atoms in total. The Labute approximate surface area is 124 Å². The van der Waals surface area contributed by atoms with Crippen molar-refractivity contribution in [2.75, 3.05) is 5.73 Å². The van der Waals surface area contributed by atoms with Gasteiger partial charge in [-0.15, -0.1) is 0 Å². The highest BCUT2D eigenvalue weighted by Gasteiger charge is 2.03. The summed E-state index contributed by atoms with van der Waals surface area (Å²) in [6.07, 6.45) is 1.48. The molecule has 2 aromatic carbocycles. The van der Waals surface area contributed by atoms with Gasteiger partial charge in [-0.1, -0.05) is 6.07 Å². The van der Waals surface area contributed by atoms with E-state index in [0.717, 1.165) is 5.56 Å². The molecule has 0 unspecified atom stereocenters. The van der Waals surface area contributed by atoms with E-state index in [-0.39, 0.29) is 11.7 Å². The van der Waals surface area contributed by atoms with Gasteiger partial charge in [-0.3, -0.25) is 4.79 Å². The molecule has 0 aromatic heterocycles. The molecular weight excluding hydrogens is 322 g/mol. The Morgan fingerprint density at radius 2 is 2.10 bits per heavy atom. The normalized spacial score (nSPS) is 10.7. The number of nitrogens with one attached hydrogen (secondary N) is 1. The van der Waals surface area contributed by atoms with Crippen molar-refractivity contribution >= 4 is 33.7 Å². The van der Waals surface area contributed by atoms with Crippen molar-refractivity contribution in [3.8, 4) is 5.75 Å². The molecule has 0 bridgehead atoms. The molecule has 0 atom stereocenters. The third-order valence-corrected chi connectivity index (χ3v) is 3.14. The van der Waals surface area contributed by atoms with E-state index in [1.807, 2.05) is 0 Å². The first-order chi connectivity index (χ1) is 9.56. The minimum atomic E-state index is -0.341. The Morgan fingerprint density at radius 1 is 1.30 bits per heavy atom. The van der Waals surface area contributed by atoms with Gasteiger partial charge >= 0.3 is 0 Å². The summed E-state index contributed by atoms with van der Waals surface area (Å²) in [6, 6.07) is 11.5. The Morgan fingerprint density at radius 3 is 2.80 bits per heavy atom. The van der Waals surface area contributed by atoms with Gasteiger partial charge in [0.25, 0.3) is 5.91 Å². The largest absolute Gasteiger partial charge is 0.507 e. The number of benzene rings is 2. The van der Waals surface area contributed by atoms with Crippen LogP contribution in [-0.2, 0) is 0 Å². The van der Waals surface area contributed by atoms with E-state index in [0.29, 0.717) is 15.7 Å². The van der Waals surface area contributed by atoms with Gasteiger partial charge in [-0.25, -0.2) is 5.43 Å². The quantitative estimate of drug-likeness (QED) is 0.458. The second kappa shape index (κ2) is 6.21. The lowest BCUT2D eigenvalue weighted by Crippen LogP contribution is -2.17. The van der Waals surface area contributed by atoms with Gasteiger partial charge in [0, 0.05) is 11.3 Å². The van der Waals surface area contributed by atoms with Gasteiger partial charge in [-0.2, -0.15) is 5.10 Å². The number of amides is 1. The van der Waals surface area contributed by atoms with Gasteiger partial charge in [-0.05, 0) is 57.9 Å². The summed E-state index contributed by atoms with van der Waals surface area (Å²) in [6.45, 7) is 0. The number of phenolic OH excluding ortho intramolecular Hbond substituents is 1. The van der Waals surface area contributed by atoms with Crippen LogP contribution in [0.3, 0.4) is 0 Å². The molecule has 102 valence electrons. The molecule has 0 aliphatic rings. The lowest BCUT2D eigenvalue weighted by Gasteiger charge is -2.01. The molecule has 0 radical (unpaired) electrons. The molecule has 1 amide bonds. The zero-order valence-electron chi connectivity index (χ0n) is 10.4. The van der Waals surface area contributed by atoms with Crippen molar-refractivity contribution in [1.82, 2.24) is 5.43 Å².